The lowest BCUT2D eigenvalue weighted by Gasteiger charge is -2.20. The van der Waals surface area contributed by atoms with Crippen LogP contribution in [0.15, 0.2) is 24.3 Å². The molecule has 0 spiro atoms. The van der Waals surface area contributed by atoms with Crippen LogP contribution in [0.4, 0.5) is 0 Å². The molecule has 0 saturated carbocycles. The Balaban J connectivity index is 1.84. The van der Waals surface area contributed by atoms with Gasteiger partial charge in [0.2, 0.25) is 0 Å². The van der Waals surface area contributed by atoms with Crippen molar-refractivity contribution in [3.63, 3.8) is 0 Å². The van der Waals surface area contributed by atoms with Gasteiger partial charge in [-0.15, -0.1) is 0 Å². The summed E-state index contributed by atoms with van der Waals surface area (Å²) in [5.74, 6) is 2.26. The molecule has 20 heavy (non-hydrogen) atoms. The highest BCUT2D eigenvalue weighted by Crippen LogP contribution is 2.22. The molecule has 0 aliphatic carbocycles. The topological polar surface area (TPSA) is 21.3 Å². The number of thioether (sulfide) groups is 1. The van der Waals surface area contributed by atoms with Crippen LogP contribution >= 0.6 is 11.8 Å². The van der Waals surface area contributed by atoms with Gasteiger partial charge in [-0.05, 0) is 38.3 Å². The Morgan fingerprint density at radius 1 is 1.35 bits per heavy atom. The molecule has 1 aromatic rings. The van der Waals surface area contributed by atoms with E-state index < -0.39 is 0 Å². The van der Waals surface area contributed by atoms with Gasteiger partial charge in [-0.2, -0.15) is 11.8 Å². The molecule has 2 unspecified atom stereocenters. The van der Waals surface area contributed by atoms with Crippen molar-refractivity contribution in [3.05, 3.63) is 35.4 Å². The van der Waals surface area contributed by atoms with E-state index >= 15 is 0 Å². The summed E-state index contributed by atoms with van der Waals surface area (Å²) in [4.78, 5) is 0. The first-order chi connectivity index (χ1) is 9.79. The third kappa shape index (κ3) is 5.12. The van der Waals surface area contributed by atoms with Gasteiger partial charge in [-0.25, -0.2) is 0 Å². The first-order valence-corrected chi connectivity index (χ1v) is 8.94. The minimum Gasteiger partial charge on any atom is -0.377 e. The lowest BCUT2D eigenvalue weighted by atomic mass is 10.1. The molecule has 112 valence electrons. The average Bonchev–Trinajstić information content (AvgIpc) is 2.97. The quantitative estimate of drug-likeness (QED) is 0.784. The van der Waals surface area contributed by atoms with E-state index in [-0.39, 0.29) is 0 Å². The SMILES string of the molecule is CCCNC(CSCC1CCCO1)c1ccc(C)cc1. The summed E-state index contributed by atoms with van der Waals surface area (Å²) < 4.78 is 5.70. The first kappa shape index (κ1) is 15.9. The maximum absolute atomic E-state index is 5.70. The van der Waals surface area contributed by atoms with E-state index in [0.717, 1.165) is 24.7 Å². The van der Waals surface area contributed by atoms with Crippen LogP contribution in [-0.4, -0.2) is 30.8 Å². The lowest BCUT2D eigenvalue weighted by Crippen LogP contribution is -2.24. The van der Waals surface area contributed by atoms with Gasteiger partial charge in [0.25, 0.3) is 0 Å². The largest absolute Gasteiger partial charge is 0.377 e. The van der Waals surface area contributed by atoms with Gasteiger partial charge in [-0.1, -0.05) is 36.8 Å². The molecule has 3 heteroatoms. The maximum atomic E-state index is 5.70. The average molecular weight is 293 g/mol. The molecule has 1 aliphatic heterocycles. The van der Waals surface area contributed by atoms with Crippen molar-refractivity contribution in [2.24, 2.45) is 0 Å². The van der Waals surface area contributed by atoms with E-state index in [2.05, 4.69) is 43.4 Å². The zero-order valence-corrected chi connectivity index (χ0v) is 13.5. The molecular formula is C17H27NOS. The molecule has 1 aliphatic rings. The van der Waals surface area contributed by atoms with Gasteiger partial charge in [0, 0.05) is 24.2 Å². The van der Waals surface area contributed by atoms with Crippen molar-refractivity contribution >= 4 is 11.8 Å². The lowest BCUT2D eigenvalue weighted by molar-refractivity contribution is 0.129. The molecule has 1 saturated heterocycles. The molecule has 0 radical (unpaired) electrons. The standard InChI is InChI=1S/C17H27NOS/c1-3-10-18-17(15-8-6-14(2)7-9-15)13-20-12-16-5-4-11-19-16/h6-9,16-18H,3-5,10-13H2,1-2H3. The summed E-state index contributed by atoms with van der Waals surface area (Å²) in [6.07, 6.45) is 4.15. The van der Waals surface area contributed by atoms with Gasteiger partial charge in [0.1, 0.15) is 0 Å². The summed E-state index contributed by atoms with van der Waals surface area (Å²) >= 11 is 2.02. The van der Waals surface area contributed by atoms with E-state index in [1.165, 1.54) is 30.4 Å². The maximum Gasteiger partial charge on any atom is 0.0666 e. The second-order valence-electron chi connectivity index (χ2n) is 5.59. The van der Waals surface area contributed by atoms with E-state index in [1.54, 1.807) is 0 Å². The van der Waals surface area contributed by atoms with Crippen LogP contribution in [0, 0.1) is 6.92 Å². The Kier molecular flexibility index (Phi) is 6.91. The van der Waals surface area contributed by atoms with Crippen LogP contribution in [-0.2, 0) is 4.74 Å². The van der Waals surface area contributed by atoms with E-state index in [9.17, 15) is 0 Å². The third-order valence-corrected chi connectivity index (χ3v) is 4.91. The minimum absolute atomic E-state index is 0.460. The van der Waals surface area contributed by atoms with Crippen LogP contribution in [0.3, 0.4) is 0 Å². The van der Waals surface area contributed by atoms with E-state index in [4.69, 9.17) is 4.74 Å². The number of rotatable bonds is 8. The Morgan fingerprint density at radius 3 is 2.80 bits per heavy atom. The van der Waals surface area contributed by atoms with Crippen molar-refractivity contribution in [1.29, 1.82) is 0 Å². The van der Waals surface area contributed by atoms with Crippen molar-refractivity contribution < 1.29 is 4.74 Å². The Bertz CT molecular complexity index is 373. The zero-order valence-electron chi connectivity index (χ0n) is 12.7. The Labute approximate surface area is 127 Å². The smallest absolute Gasteiger partial charge is 0.0666 e. The predicted molar refractivity (Wildman–Crippen MR) is 88.5 cm³/mol. The molecule has 2 nitrogen and oxygen atoms in total. The van der Waals surface area contributed by atoms with Gasteiger partial charge < -0.3 is 10.1 Å². The van der Waals surface area contributed by atoms with Gasteiger partial charge in [0.15, 0.2) is 0 Å². The fourth-order valence-electron chi connectivity index (χ4n) is 2.48. The molecule has 1 aromatic carbocycles. The van der Waals surface area contributed by atoms with Crippen molar-refractivity contribution in [2.75, 3.05) is 24.7 Å². The predicted octanol–water partition coefficient (Wildman–Crippen LogP) is 3.95. The molecule has 1 heterocycles. The van der Waals surface area contributed by atoms with Crippen LogP contribution in [0.1, 0.15) is 43.4 Å². The van der Waals surface area contributed by atoms with E-state index in [0.29, 0.717) is 12.1 Å². The molecule has 0 aromatic heterocycles. The highest BCUT2D eigenvalue weighted by Gasteiger charge is 2.17. The monoisotopic (exact) mass is 293 g/mol. The number of nitrogens with one attached hydrogen (secondary N) is 1. The second kappa shape index (κ2) is 8.71. The minimum atomic E-state index is 0.460. The molecule has 0 bridgehead atoms. The van der Waals surface area contributed by atoms with Crippen LogP contribution in [0.5, 0.6) is 0 Å². The number of aryl methyl sites for hydroxylation is 1. The van der Waals surface area contributed by atoms with Crippen LogP contribution in [0.25, 0.3) is 0 Å². The van der Waals surface area contributed by atoms with Crippen molar-refractivity contribution in [2.45, 2.75) is 45.3 Å². The Morgan fingerprint density at radius 2 is 2.15 bits per heavy atom. The summed E-state index contributed by atoms with van der Waals surface area (Å²) in [7, 11) is 0. The number of benzene rings is 1. The molecular weight excluding hydrogens is 266 g/mol. The van der Waals surface area contributed by atoms with Gasteiger partial charge in [0.05, 0.1) is 6.10 Å². The molecule has 0 amide bonds. The van der Waals surface area contributed by atoms with E-state index in [1.807, 2.05) is 11.8 Å². The fraction of sp³-hybridized carbons (Fsp3) is 0.647. The summed E-state index contributed by atoms with van der Waals surface area (Å²) in [6.45, 7) is 6.41. The number of hydrogen-bond acceptors (Lipinski definition) is 3. The third-order valence-electron chi connectivity index (χ3n) is 3.73. The number of hydrogen-bond donors (Lipinski definition) is 1. The summed E-state index contributed by atoms with van der Waals surface area (Å²) in [6, 6.07) is 9.40. The van der Waals surface area contributed by atoms with Crippen LogP contribution < -0.4 is 5.32 Å². The highest BCUT2D eigenvalue weighted by atomic mass is 32.2. The zero-order chi connectivity index (χ0) is 14.2. The van der Waals surface area contributed by atoms with Gasteiger partial charge in [-0.3, -0.25) is 0 Å². The highest BCUT2D eigenvalue weighted by molar-refractivity contribution is 7.99. The molecule has 2 rings (SSSR count). The molecule has 1 fully saturated rings. The normalized spacial score (nSPS) is 20.2. The van der Waals surface area contributed by atoms with Crippen molar-refractivity contribution in [3.8, 4) is 0 Å². The number of ether oxygens (including phenoxy) is 1. The van der Waals surface area contributed by atoms with Gasteiger partial charge >= 0.3 is 0 Å². The van der Waals surface area contributed by atoms with Crippen molar-refractivity contribution in [1.82, 2.24) is 5.32 Å². The Hall–Kier alpha value is -0.510. The van der Waals surface area contributed by atoms with Crippen LogP contribution in [0.2, 0.25) is 0 Å². The first-order valence-electron chi connectivity index (χ1n) is 7.79. The molecule has 2 atom stereocenters. The summed E-state index contributed by atoms with van der Waals surface area (Å²) in [5.41, 5.74) is 2.74. The fourth-order valence-corrected chi connectivity index (χ4v) is 3.69. The summed E-state index contributed by atoms with van der Waals surface area (Å²) in [5, 5.41) is 3.67. The molecule has 1 N–H and O–H groups in total. The second-order valence-corrected chi connectivity index (χ2v) is 6.66.